The molecule has 6 nitrogen and oxygen atoms in total. The van der Waals surface area contributed by atoms with Gasteiger partial charge in [-0.1, -0.05) is 12.1 Å². The van der Waals surface area contributed by atoms with Crippen LogP contribution in [0.5, 0.6) is 0 Å². The highest BCUT2D eigenvalue weighted by atomic mass is 32.2. The molecule has 1 aromatic carbocycles. The SMILES string of the molecule is C=CCNS(=O)(=O)c1cc(C(=O)Nc2ccc(C)cn2)ccc1F. The smallest absolute Gasteiger partial charge is 0.256 e. The number of rotatable bonds is 6. The van der Waals surface area contributed by atoms with E-state index in [9.17, 15) is 17.6 Å². The molecule has 0 bridgehead atoms. The lowest BCUT2D eigenvalue weighted by Crippen LogP contribution is -2.25. The summed E-state index contributed by atoms with van der Waals surface area (Å²) in [4.78, 5) is 15.6. The molecular weight excluding hydrogens is 333 g/mol. The molecule has 1 aromatic heterocycles. The highest BCUT2D eigenvalue weighted by Crippen LogP contribution is 2.17. The predicted molar refractivity (Wildman–Crippen MR) is 88.7 cm³/mol. The van der Waals surface area contributed by atoms with Crippen LogP contribution in [0.3, 0.4) is 0 Å². The number of anilines is 1. The number of hydrogen-bond donors (Lipinski definition) is 2. The Labute approximate surface area is 139 Å². The van der Waals surface area contributed by atoms with Crippen LogP contribution >= 0.6 is 0 Å². The molecule has 0 fully saturated rings. The molecular formula is C16H16FN3O3S. The van der Waals surface area contributed by atoms with Gasteiger partial charge in [-0.15, -0.1) is 6.58 Å². The second kappa shape index (κ2) is 7.33. The number of carbonyl (C=O) groups is 1. The molecule has 0 unspecified atom stereocenters. The summed E-state index contributed by atoms with van der Waals surface area (Å²) in [6, 6.07) is 6.48. The number of sulfonamides is 1. The molecule has 24 heavy (non-hydrogen) atoms. The van der Waals surface area contributed by atoms with Gasteiger partial charge in [-0.2, -0.15) is 0 Å². The van der Waals surface area contributed by atoms with Gasteiger partial charge in [0.15, 0.2) is 0 Å². The molecule has 1 amide bonds. The van der Waals surface area contributed by atoms with Gasteiger partial charge in [0.25, 0.3) is 5.91 Å². The number of nitrogens with one attached hydrogen (secondary N) is 2. The Hall–Kier alpha value is -2.58. The molecule has 0 spiro atoms. The van der Waals surface area contributed by atoms with Crippen molar-refractivity contribution in [2.75, 3.05) is 11.9 Å². The fourth-order valence-corrected chi connectivity index (χ4v) is 2.93. The first-order chi connectivity index (χ1) is 11.3. The quantitative estimate of drug-likeness (QED) is 0.783. The lowest BCUT2D eigenvalue weighted by Gasteiger charge is -2.09. The number of pyridine rings is 1. The van der Waals surface area contributed by atoms with E-state index in [4.69, 9.17) is 0 Å². The fraction of sp³-hybridized carbons (Fsp3) is 0.125. The largest absolute Gasteiger partial charge is 0.307 e. The van der Waals surface area contributed by atoms with Gasteiger partial charge in [-0.3, -0.25) is 4.79 Å². The molecule has 0 aliphatic carbocycles. The maximum atomic E-state index is 13.8. The normalized spacial score (nSPS) is 11.1. The average molecular weight is 349 g/mol. The maximum Gasteiger partial charge on any atom is 0.256 e. The van der Waals surface area contributed by atoms with Gasteiger partial charge in [-0.25, -0.2) is 22.5 Å². The first kappa shape index (κ1) is 17.8. The Morgan fingerprint density at radius 3 is 2.71 bits per heavy atom. The predicted octanol–water partition coefficient (Wildman–Crippen LogP) is 2.25. The first-order valence-electron chi connectivity index (χ1n) is 6.97. The molecule has 0 saturated heterocycles. The molecule has 2 rings (SSSR count). The number of aryl methyl sites for hydroxylation is 1. The van der Waals surface area contributed by atoms with Gasteiger partial charge in [0, 0.05) is 18.3 Å². The van der Waals surface area contributed by atoms with Crippen LogP contribution in [-0.2, 0) is 10.0 Å². The highest BCUT2D eigenvalue weighted by molar-refractivity contribution is 7.89. The summed E-state index contributed by atoms with van der Waals surface area (Å²) in [6.07, 6.45) is 2.91. The number of halogens is 1. The van der Waals surface area contributed by atoms with E-state index < -0.39 is 26.6 Å². The Balaban J connectivity index is 2.28. The third-order valence-corrected chi connectivity index (χ3v) is 4.49. The van der Waals surface area contributed by atoms with E-state index in [1.54, 1.807) is 18.3 Å². The molecule has 1 heterocycles. The third-order valence-electron chi connectivity index (χ3n) is 3.05. The van der Waals surface area contributed by atoms with Crippen LogP contribution in [0.1, 0.15) is 15.9 Å². The molecule has 0 radical (unpaired) electrons. The number of amides is 1. The van der Waals surface area contributed by atoms with Crippen LogP contribution < -0.4 is 10.0 Å². The lowest BCUT2D eigenvalue weighted by molar-refractivity contribution is 0.102. The van der Waals surface area contributed by atoms with Crippen molar-refractivity contribution in [2.24, 2.45) is 0 Å². The van der Waals surface area contributed by atoms with Crippen LogP contribution in [0.2, 0.25) is 0 Å². The van der Waals surface area contributed by atoms with Crippen molar-refractivity contribution in [1.82, 2.24) is 9.71 Å². The van der Waals surface area contributed by atoms with Crippen LogP contribution in [-0.4, -0.2) is 25.9 Å². The second-order valence-electron chi connectivity index (χ2n) is 4.96. The minimum atomic E-state index is -4.08. The van der Waals surface area contributed by atoms with E-state index in [2.05, 4.69) is 21.6 Å². The van der Waals surface area contributed by atoms with Crippen LogP contribution in [0.25, 0.3) is 0 Å². The summed E-state index contributed by atoms with van der Waals surface area (Å²) in [6.45, 7) is 5.19. The second-order valence-corrected chi connectivity index (χ2v) is 6.70. The zero-order chi connectivity index (χ0) is 17.7. The Kier molecular flexibility index (Phi) is 5.42. The standard InChI is InChI=1S/C16H16FN3O3S/c1-3-8-19-24(22,23)14-9-12(5-6-13(14)17)16(21)20-15-7-4-11(2)10-18-15/h3-7,9-10,19H,1,8H2,2H3,(H,18,20,21). The van der Waals surface area contributed by atoms with Gasteiger partial charge in [0.05, 0.1) is 0 Å². The van der Waals surface area contributed by atoms with Crippen LogP contribution in [0, 0.1) is 12.7 Å². The topological polar surface area (TPSA) is 88.2 Å². The van der Waals surface area contributed by atoms with Crippen LogP contribution in [0.15, 0.2) is 54.1 Å². The number of benzene rings is 1. The molecule has 2 aromatic rings. The van der Waals surface area contributed by atoms with Gasteiger partial charge in [0.1, 0.15) is 16.5 Å². The van der Waals surface area contributed by atoms with Crippen LogP contribution in [0.4, 0.5) is 10.2 Å². The molecule has 0 saturated carbocycles. The first-order valence-corrected chi connectivity index (χ1v) is 8.46. The van der Waals surface area contributed by atoms with Crippen molar-refractivity contribution >= 4 is 21.7 Å². The highest BCUT2D eigenvalue weighted by Gasteiger charge is 2.20. The minimum Gasteiger partial charge on any atom is -0.307 e. The molecule has 0 aliphatic rings. The minimum absolute atomic E-state index is 0.00208. The molecule has 8 heteroatoms. The molecule has 0 aliphatic heterocycles. The van der Waals surface area contributed by atoms with Crippen molar-refractivity contribution in [2.45, 2.75) is 11.8 Å². The number of nitrogens with zero attached hydrogens (tertiary/aromatic N) is 1. The van der Waals surface area contributed by atoms with Crippen molar-refractivity contribution < 1.29 is 17.6 Å². The molecule has 126 valence electrons. The van der Waals surface area contributed by atoms with Gasteiger partial charge < -0.3 is 5.32 Å². The maximum absolute atomic E-state index is 13.8. The van der Waals surface area contributed by atoms with Gasteiger partial charge in [0.2, 0.25) is 10.0 Å². The number of aromatic nitrogens is 1. The van der Waals surface area contributed by atoms with E-state index in [0.717, 1.165) is 17.7 Å². The summed E-state index contributed by atoms with van der Waals surface area (Å²) < 4.78 is 40.1. The number of hydrogen-bond acceptors (Lipinski definition) is 4. The van der Waals surface area contributed by atoms with E-state index in [0.29, 0.717) is 5.82 Å². The summed E-state index contributed by atoms with van der Waals surface area (Å²) in [5, 5.41) is 2.52. The van der Waals surface area contributed by atoms with Crippen molar-refractivity contribution in [3.05, 3.63) is 66.1 Å². The third kappa shape index (κ3) is 4.24. The molecule has 2 N–H and O–H groups in total. The summed E-state index contributed by atoms with van der Waals surface area (Å²) in [5.74, 6) is -1.23. The van der Waals surface area contributed by atoms with E-state index in [-0.39, 0.29) is 12.1 Å². The Bertz CT molecular complexity index is 865. The van der Waals surface area contributed by atoms with E-state index in [1.165, 1.54) is 12.1 Å². The number of carbonyl (C=O) groups excluding carboxylic acids is 1. The zero-order valence-electron chi connectivity index (χ0n) is 12.9. The average Bonchev–Trinajstić information content (AvgIpc) is 2.55. The van der Waals surface area contributed by atoms with E-state index >= 15 is 0 Å². The Morgan fingerprint density at radius 2 is 2.08 bits per heavy atom. The lowest BCUT2D eigenvalue weighted by atomic mass is 10.2. The van der Waals surface area contributed by atoms with Gasteiger partial charge in [-0.05, 0) is 36.8 Å². The fourth-order valence-electron chi connectivity index (χ4n) is 1.83. The van der Waals surface area contributed by atoms with Gasteiger partial charge >= 0.3 is 0 Å². The summed E-state index contributed by atoms with van der Waals surface area (Å²) in [7, 11) is -4.08. The Morgan fingerprint density at radius 1 is 1.33 bits per heavy atom. The van der Waals surface area contributed by atoms with Crippen molar-refractivity contribution in [3.8, 4) is 0 Å². The van der Waals surface area contributed by atoms with Crippen molar-refractivity contribution in [1.29, 1.82) is 0 Å². The van der Waals surface area contributed by atoms with Crippen molar-refractivity contribution in [3.63, 3.8) is 0 Å². The summed E-state index contributed by atoms with van der Waals surface area (Å²) >= 11 is 0. The molecule has 0 atom stereocenters. The van der Waals surface area contributed by atoms with E-state index in [1.807, 2.05) is 6.92 Å². The monoisotopic (exact) mass is 349 g/mol. The summed E-state index contributed by atoms with van der Waals surface area (Å²) in [5.41, 5.74) is 0.925. The zero-order valence-corrected chi connectivity index (χ0v) is 13.7.